The average molecular weight is 465 g/mol. The summed E-state index contributed by atoms with van der Waals surface area (Å²) in [5, 5.41) is 20.7. The second-order valence-corrected chi connectivity index (χ2v) is 7.88. The van der Waals surface area contributed by atoms with E-state index in [0.717, 1.165) is 25.7 Å². The number of aliphatic carboxylic acids is 2. The fraction of sp³-hybridized carbons (Fsp3) is 0.792. The van der Waals surface area contributed by atoms with Gasteiger partial charge < -0.3 is 25.2 Å². The van der Waals surface area contributed by atoms with Gasteiger partial charge in [-0.3, -0.25) is 9.59 Å². The third kappa shape index (κ3) is 31.3. The van der Waals surface area contributed by atoms with Crippen LogP contribution in [0.4, 0.5) is 0 Å². The van der Waals surface area contributed by atoms with Gasteiger partial charge in [0.25, 0.3) is 0 Å². The summed E-state index contributed by atoms with van der Waals surface area (Å²) < 4.78 is 0. The molecule has 0 unspecified atom stereocenters. The number of carbonyl (C=O) groups is 3. The van der Waals surface area contributed by atoms with Gasteiger partial charge >= 0.3 is 35.5 Å². The number of carboxylic acid groups (broad SMARTS) is 2. The molecule has 7 nitrogen and oxygen atoms in total. The molecule has 0 saturated heterocycles. The Balaban J connectivity index is -0.00000105. The minimum Gasteiger partial charge on any atom is -0.548 e. The van der Waals surface area contributed by atoms with E-state index >= 15 is 0 Å². The van der Waals surface area contributed by atoms with Crippen molar-refractivity contribution in [1.82, 2.24) is 10.2 Å². The van der Waals surface area contributed by atoms with Crippen molar-refractivity contribution in [2.75, 3.05) is 27.2 Å². The molecular weight excluding hydrogens is 419 g/mol. The molecule has 0 atom stereocenters. The Morgan fingerprint density at radius 3 is 1.75 bits per heavy atom. The van der Waals surface area contributed by atoms with Crippen LogP contribution in [0.3, 0.4) is 0 Å². The van der Waals surface area contributed by atoms with Crippen molar-refractivity contribution >= 4 is 17.8 Å². The van der Waals surface area contributed by atoms with E-state index in [-0.39, 0.29) is 48.6 Å². The van der Waals surface area contributed by atoms with Crippen molar-refractivity contribution < 1.29 is 54.2 Å². The first-order valence-electron chi connectivity index (χ1n) is 11.8. The fourth-order valence-corrected chi connectivity index (χ4v) is 2.97. The quantitative estimate of drug-likeness (QED) is 0.164. The van der Waals surface area contributed by atoms with Gasteiger partial charge in [0, 0.05) is 13.5 Å². The SMILES string of the molecule is CCCCCCCCC=CCCCCCCCC(=O)N(C)CC(=O)[O-].CNCC(=O)O.[Na+]. The van der Waals surface area contributed by atoms with Gasteiger partial charge in [-0.25, -0.2) is 0 Å². The second kappa shape index (κ2) is 28.1. The Morgan fingerprint density at radius 1 is 0.875 bits per heavy atom. The predicted octanol–water partition coefficient (Wildman–Crippen LogP) is 0.527. The summed E-state index contributed by atoms with van der Waals surface area (Å²) in [6.07, 6.45) is 21.0. The fourth-order valence-electron chi connectivity index (χ4n) is 2.97. The standard InChI is InChI=1S/C21H39NO3.C3H7NO2.Na/c1-3-4-5-6-7-8-9-10-11-12-13-14-15-16-17-18-20(23)22(2)19-21(24)25;1-4-2-3(5)6;/h10-11H,3-9,12-19H2,1-2H3,(H,24,25);4H,2H2,1H3,(H,5,6);/q;;+1/p-1. The molecule has 1 amide bonds. The van der Waals surface area contributed by atoms with E-state index in [0.29, 0.717) is 6.42 Å². The number of hydrogen-bond donors (Lipinski definition) is 2. The Kier molecular flexibility index (Phi) is 31.4. The molecule has 8 heteroatoms. The molecule has 0 fully saturated rings. The second-order valence-electron chi connectivity index (χ2n) is 7.88. The maximum Gasteiger partial charge on any atom is 1.00 e. The molecule has 0 rings (SSSR count). The summed E-state index contributed by atoms with van der Waals surface area (Å²) in [5.74, 6) is -2.14. The summed E-state index contributed by atoms with van der Waals surface area (Å²) in [4.78, 5) is 32.8. The molecular formula is C24H45N2NaO5. The minimum atomic E-state index is -1.21. The minimum absolute atomic E-state index is 0. The van der Waals surface area contributed by atoms with Gasteiger partial charge in [-0.05, 0) is 39.2 Å². The molecule has 0 aliphatic carbocycles. The van der Waals surface area contributed by atoms with Crippen LogP contribution < -0.4 is 40.0 Å². The van der Waals surface area contributed by atoms with Crippen LogP contribution in [0.2, 0.25) is 0 Å². The maximum absolute atomic E-state index is 11.6. The van der Waals surface area contributed by atoms with Crippen molar-refractivity contribution in [1.29, 1.82) is 0 Å². The first-order chi connectivity index (χ1) is 14.8. The number of carboxylic acids is 2. The van der Waals surface area contributed by atoms with E-state index in [1.54, 1.807) is 7.05 Å². The smallest absolute Gasteiger partial charge is 0.548 e. The first-order valence-corrected chi connectivity index (χ1v) is 11.8. The van der Waals surface area contributed by atoms with Crippen LogP contribution in [0.1, 0.15) is 96.8 Å². The van der Waals surface area contributed by atoms with Crippen molar-refractivity contribution in [2.45, 2.75) is 96.8 Å². The molecule has 32 heavy (non-hydrogen) atoms. The first kappa shape index (κ1) is 35.7. The molecule has 0 bridgehead atoms. The monoisotopic (exact) mass is 464 g/mol. The molecule has 0 heterocycles. The zero-order valence-electron chi connectivity index (χ0n) is 21.0. The van der Waals surface area contributed by atoms with Crippen molar-refractivity contribution in [3.05, 3.63) is 12.2 Å². The molecule has 0 spiro atoms. The molecule has 0 aliphatic heterocycles. The third-order valence-corrected chi connectivity index (χ3v) is 4.77. The van der Waals surface area contributed by atoms with Crippen LogP contribution in [0.25, 0.3) is 0 Å². The van der Waals surface area contributed by atoms with Crippen LogP contribution in [-0.4, -0.2) is 55.0 Å². The van der Waals surface area contributed by atoms with E-state index in [1.165, 1.54) is 69.7 Å². The van der Waals surface area contributed by atoms with E-state index in [9.17, 15) is 19.5 Å². The Bertz CT molecular complexity index is 487. The Hall–Kier alpha value is -0.890. The Labute approximate surface area is 217 Å². The summed E-state index contributed by atoms with van der Waals surface area (Å²) >= 11 is 0. The van der Waals surface area contributed by atoms with Crippen molar-refractivity contribution in [2.24, 2.45) is 0 Å². The van der Waals surface area contributed by atoms with Crippen LogP contribution in [0.15, 0.2) is 12.2 Å². The number of unbranched alkanes of at least 4 members (excludes halogenated alkanes) is 11. The van der Waals surface area contributed by atoms with Gasteiger partial charge in [0.15, 0.2) is 0 Å². The zero-order valence-corrected chi connectivity index (χ0v) is 23.0. The van der Waals surface area contributed by atoms with Crippen LogP contribution in [0, 0.1) is 0 Å². The Morgan fingerprint density at radius 2 is 1.34 bits per heavy atom. The number of carbonyl (C=O) groups excluding carboxylic acids is 2. The third-order valence-electron chi connectivity index (χ3n) is 4.77. The number of rotatable bonds is 19. The van der Waals surface area contributed by atoms with E-state index < -0.39 is 11.9 Å². The molecule has 0 aliphatic rings. The van der Waals surface area contributed by atoms with Crippen molar-refractivity contribution in [3.63, 3.8) is 0 Å². The van der Waals surface area contributed by atoms with Gasteiger partial charge in [-0.2, -0.15) is 0 Å². The normalized spacial score (nSPS) is 10.2. The summed E-state index contributed by atoms with van der Waals surface area (Å²) in [6, 6.07) is 0. The molecule has 0 aromatic carbocycles. The van der Waals surface area contributed by atoms with Gasteiger partial charge in [0.05, 0.1) is 19.1 Å². The molecule has 182 valence electrons. The van der Waals surface area contributed by atoms with Gasteiger partial charge in [-0.15, -0.1) is 0 Å². The van der Waals surface area contributed by atoms with E-state index in [2.05, 4.69) is 24.4 Å². The average Bonchev–Trinajstić information content (AvgIpc) is 2.70. The summed E-state index contributed by atoms with van der Waals surface area (Å²) in [7, 11) is 3.10. The van der Waals surface area contributed by atoms with Crippen LogP contribution in [0.5, 0.6) is 0 Å². The topological polar surface area (TPSA) is 110 Å². The largest absolute Gasteiger partial charge is 1.00 e. The molecule has 0 aromatic heterocycles. The number of amides is 1. The number of likely N-dealkylation sites (N-methyl/N-ethyl adjacent to an activating group) is 2. The number of nitrogens with one attached hydrogen (secondary N) is 1. The predicted molar refractivity (Wildman–Crippen MR) is 124 cm³/mol. The van der Waals surface area contributed by atoms with Crippen LogP contribution >= 0.6 is 0 Å². The van der Waals surface area contributed by atoms with Crippen LogP contribution in [-0.2, 0) is 14.4 Å². The number of nitrogens with zero attached hydrogens (tertiary/aromatic N) is 1. The summed E-state index contributed by atoms with van der Waals surface area (Å²) in [6.45, 7) is 1.98. The summed E-state index contributed by atoms with van der Waals surface area (Å²) in [5.41, 5.74) is 0. The molecule has 0 aromatic rings. The molecule has 0 radical (unpaired) electrons. The molecule has 2 N–H and O–H groups in total. The maximum atomic E-state index is 11.6. The van der Waals surface area contributed by atoms with Gasteiger partial charge in [-0.1, -0.05) is 70.4 Å². The van der Waals surface area contributed by atoms with Crippen molar-refractivity contribution in [3.8, 4) is 0 Å². The van der Waals surface area contributed by atoms with Gasteiger partial charge in [0.2, 0.25) is 5.91 Å². The number of hydrogen-bond acceptors (Lipinski definition) is 5. The van der Waals surface area contributed by atoms with Gasteiger partial charge in [0.1, 0.15) is 0 Å². The zero-order chi connectivity index (χ0) is 23.7. The number of allylic oxidation sites excluding steroid dienone is 2. The van der Waals surface area contributed by atoms with E-state index in [4.69, 9.17) is 5.11 Å². The molecule has 0 saturated carbocycles. The van der Waals surface area contributed by atoms with E-state index in [1.807, 2.05) is 0 Å².